The van der Waals surface area contributed by atoms with E-state index in [9.17, 15) is 4.79 Å². The summed E-state index contributed by atoms with van der Waals surface area (Å²) in [5, 5.41) is 15.5. The van der Waals surface area contributed by atoms with Crippen molar-refractivity contribution in [3.63, 3.8) is 0 Å². The maximum atomic E-state index is 12.2. The highest BCUT2D eigenvalue weighted by atomic mass is 79.9. The van der Waals surface area contributed by atoms with E-state index in [4.69, 9.17) is 9.51 Å². The van der Waals surface area contributed by atoms with E-state index in [1.165, 1.54) is 0 Å². The Hall–Kier alpha value is -3.34. The quantitative estimate of drug-likeness (QED) is 0.416. The molecule has 0 unspecified atom stereocenters. The predicted octanol–water partition coefficient (Wildman–Crippen LogP) is 3.65. The van der Waals surface area contributed by atoms with Crippen LogP contribution in [0, 0.1) is 12.3 Å². The van der Waals surface area contributed by atoms with Gasteiger partial charge in [0.2, 0.25) is 23.6 Å². The highest BCUT2D eigenvalue weighted by Crippen LogP contribution is 2.39. The Morgan fingerprint density at radius 3 is 2.76 bits per heavy atom. The summed E-state index contributed by atoms with van der Waals surface area (Å²) in [6.07, 6.45) is 4.18. The number of amides is 1. The van der Waals surface area contributed by atoms with Crippen LogP contribution in [-0.4, -0.2) is 48.9 Å². The molecule has 1 fully saturated rings. The molecular weight excluding hydrogens is 488 g/mol. The van der Waals surface area contributed by atoms with Crippen LogP contribution in [0.25, 0.3) is 28.1 Å². The van der Waals surface area contributed by atoms with Gasteiger partial charge in [-0.1, -0.05) is 12.1 Å². The van der Waals surface area contributed by atoms with E-state index in [1.807, 2.05) is 31.2 Å². The van der Waals surface area contributed by atoms with Crippen LogP contribution in [0.3, 0.4) is 0 Å². The third kappa shape index (κ3) is 3.97. The monoisotopic (exact) mass is 510 g/mol. The molecule has 4 aromatic rings. The highest BCUT2D eigenvalue weighted by Gasteiger charge is 2.40. The van der Waals surface area contributed by atoms with Crippen molar-refractivity contribution < 1.29 is 9.32 Å². The molecule has 33 heavy (non-hydrogen) atoms. The van der Waals surface area contributed by atoms with Gasteiger partial charge in [-0.05, 0) is 59.5 Å². The van der Waals surface area contributed by atoms with E-state index < -0.39 is 0 Å². The van der Waals surface area contributed by atoms with E-state index in [-0.39, 0.29) is 17.4 Å². The molecule has 1 saturated carbocycles. The number of carbonyl (C=O) groups is 1. The number of hydrogen-bond acceptors (Lipinski definition) is 8. The molecule has 11 heteroatoms. The van der Waals surface area contributed by atoms with Crippen molar-refractivity contribution >= 4 is 38.8 Å². The van der Waals surface area contributed by atoms with Gasteiger partial charge in [0.1, 0.15) is 4.60 Å². The fraction of sp³-hybridized carbons (Fsp3) is 0.364. The number of halogens is 1. The fourth-order valence-corrected chi connectivity index (χ4v) is 4.78. The molecule has 1 amide bonds. The third-order valence-corrected chi connectivity index (χ3v) is 6.71. The molecule has 170 valence electrons. The first kappa shape index (κ1) is 21.5. The van der Waals surface area contributed by atoms with Gasteiger partial charge in [-0.25, -0.2) is 9.67 Å². The molecule has 5 rings (SSSR count). The maximum absolute atomic E-state index is 12.2. The van der Waals surface area contributed by atoms with Gasteiger partial charge in [0.15, 0.2) is 5.65 Å². The van der Waals surface area contributed by atoms with Gasteiger partial charge >= 0.3 is 0 Å². The second-order valence-corrected chi connectivity index (χ2v) is 9.29. The number of rotatable bonds is 5. The first-order valence-electron chi connectivity index (χ1n) is 10.7. The molecule has 0 saturated heterocycles. The van der Waals surface area contributed by atoms with Crippen LogP contribution in [0.1, 0.15) is 32.1 Å². The number of aryl methyl sites for hydroxylation is 1. The number of fused-ring (bicyclic) bond motifs is 1. The van der Waals surface area contributed by atoms with Gasteiger partial charge < -0.3 is 15.2 Å². The standard InChI is InChI=1S/C22H23BrN8O2/c1-12-26-18(30-33-12)13-4-6-15(7-5-13)31-19-16(17(23)29-31)11-25-21(28-19)27-14-8-9-22(2,10-14)20(32)24-3/h4-7,11,14H,8-10H2,1-3H3,(H,24,32)(H,25,27,28)/t14-,22-/m1/s1. The van der Waals surface area contributed by atoms with Gasteiger partial charge in [0, 0.05) is 37.2 Å². The average Bonchev–Trinajstić information content (AvgIpc) is 3.51. The van der Waals surface area contributed by atoms with E-state index in [0.717, 1.165) is 35.9 Å². The molecule has 0 bridgehead atoms. The Morgan fingerprint density at radius 1 is 1.27 bits per heavy atom. The van der Waals surface area contributed by atoms with Crippen LogP contribution in [0.2, 0.25) is 0 Å². The van der Waals surface area contributed by atoms with Gasteiger partial charge in [0.25, 0.3) is 0 Å². The number of anilines is 1. The summed E-state index contributed by atoms with van der Waals surface area (Å²) in [5.41, 5.74) is 1.99. The van der Waals surface area contributed by atoms with E-state index in [2.05, 4.69) is 46.8 Å². The van der Waals surface area contributed by atoms with E-state index in [1.54, 1.807) is 24.9 Å². The molecule has 10 nitrogen and oxygen atoms in total. The Labute approximate surface area is 198 Å². The predicted molar refractivity (Wildman–Crippen MR) is 126 cm³/mol. The van der Waals surface area contributed by atoms with Gasteiger partial charge in [0.05, 0.1) is 11.1 Å². The smallest absolute Gasteiger partial charge is 0.225 e. The Morgan fingerprint density at radius 2 is 2.06 bits per heavy atom. The molecule has 0 radical (unpaired) electrons. The number of hydrogen-bond donors (Lipinski definition) is 2. The summed E-state index contributed by atoms with van der Waals surface area (Å²) in [7, 11) is 1.68. The molecule has 0 aliphatic heterocycles. The molecule has 1 aliphatic rings. The van der Waals surface area contributed by atoms with E-state index in [0.29, 0.717) is 27.9 Å². The van der Waals surface area contributed by atoms with Crippen molar-refractivity contribution in [1.29, 1.82) is 0 Å². The van der Waals surface area contributed by atoms with Crippen LogP contribution in [0.15, 0.2) is 39.6 Å². The third-order valence-electron chi connectivity index (χ3n) is 6.13. The van der Waals surface area contributed by atoms with Gasteiger partial charge in [-0.2, -0.15) is 15.1 Å². The zero-order valence-corrected chi connectivity index (χ0v) is 20.0. The largest absolute Gasteiger partial charge is 0.359 e. The lowest BCUT2D eigenvalue weighted by atomic mass is 9.87. The molecule has 2 N–H and O–H groups in total. The van der Waals surface area contributed by atoms with Crippen LogP contribution < -0.4 is 10.6 Å². The van der Waals surface area contributed by atoms with Crippen LogP contribution in [-0.2, 0) is 4.79 Å². The first-order valence-corrected chi connectivity index (χ1v) is 11.5. The van der Waals surface area contributed by atoms with Crippen molar-refractivity contribution in [2.24, 2.45) is 5.41 Å². The minimum Gasteiger partial charge on any atom is -0.359 e. The molecule has 3 aromatic heterocycles. The molecule has 3 heterocycles. The number of benzene rings is 1. The summed E-state index contributed by atoms with van der Waals surface area (Å²) in [6, 6.07) is 7.82. The SMILES string of the molecule is CNC(=O)[C@]1(C)CC[C@@H](Nc2ncc3c(Br)nn(-c4ccc(-c5noc(C)n5)cc4)c3n2)C1. The Kier molecular flexibility index (Phi) is 5.35. The minimum absolute atomic E-state index is 0.0737. The number of nitrogens with one attached hydrogen (secondary N) is 2. The number of nitrogens with zero attached hydrogens (tertiary/aromatic N) is 6. The number of aromatic nitrogens is 6. The summed E-state index contributed by atoms with van der Waals surface area (Å²) < 4.78 is 7.49. The van der Waals surface area contributed by atoms with Crippen LogP contribution in [0.5, 0.6) is 0 Å². The summed E-state index contributed by atoms with van der Waals surface area (Å²) in [4.78, 5) is 25.7. The van der Waals surface area contributed by atoms with E-state index >= 15 is 0 Å². The summed E-state index contributed by atoms with van der Waals surface area (Å²) in [5.74, 6) is 1.65. The van der Waals surface area contributed by atoms with Crippen LogP contribution >= 0.6 is 15.9 Å². The van der Waals surface area contributed by atoms with Crippen LogP contribution in [0.4, 0.5) is 5.95 Å². The summed E-state index contributed by atoms with van der Waals surface area (Å²) >= 11 is 3.51. The highest BCUT2D eigenvalue weighted by molar-refractivity contribution is 9.10. The lowest BCUT2D eigenvalue weighted by molar-refractivity contribution is -0.129. The van der Waals surface area contributed by atoms with Crippen molar-refractivity contribution in [3.8, 4) is 17.1 Å². The fourth-order valence-electron chi connectivity index (χ4n) is 4.34. The molecule has 1 aliphatic carbocycles. The Bertz CT molecular complexity index is 1330. The minimum atomic E-state index is -0.375. The zero-order valence-electron chi connectivity index (χ0n) is 18.5. The lowest BCUT2D eigenvalue weighted by Gasteiger charge is -2.22. The second-order valence-electron chi connectivity index (χ2n) is 8.54. The Balaban J connectivity index is 1.42. The number of carbonyl (C=O) groups excluding carboxylic acids is 1. The molecular formula is C22H23BrN8O2. The first-order chi connectivity index (χ1) is 15.9. The average molecular weight is 511 g/mol. The topological polar surface area (TPSA) is 124 Å². The van der Waals surface area contributed by atoms with Crippen molar-refractivity contribution in [2.75, 3.05) is 12.4 Å². The summed E-state index contributed by atoms with van der Waals surface area (Å²) in [6.45, 7) is 3.76. The lowest BCUT2D eigenvalue weighted by Crippen LogP contribution is -2.35. The molecule has 1 aromatic carbocycles. The van der Waals surface area contributed by atoms with Crippen molar-refractivity contribution in [3.05, 3.63) is 41.0 Å². The second kappa shape index (κ2) is 8.22. The van der Waals surface area contributed by atoms with Gasteiger partial charge in [-0.3, -0.25) is 4.79 Å². The van der Waals surface area contributed by atoms with Crippen molar-refractivity contribution in [2.45, 2.75) is 39.2 Å². The molecule has 0 spiro atoms. The van der Waals surface area contributed by atoms with Crippen molar-refractivity contribution in [1.82, 2.24) is 35.2 Å². The molecule has 2 atom stereocenters. The normalized spacial score (nSPS) is 20.3. The maximum Gasteiger partial charge on any atom is 0.225 e. The van der Waals surface area contributed by atoms with Gasteiger partial charge in [-0.15, -0.1) is 0 Å². The zero-order chi connectivity index (χ0) is 23.2.